The van der Waals surface area contributed by atoms with Crippen molar-refractivity contribution in [3.05, 3.63) is 0 Å². The van der Waals surface area contributed by atoms with Gasteiger partial charge >= 0.3 is 6.09 Å². The van der Waals surface area contributed by atoms with Crippen LogP contribution in [0.2, 0.25) is 0 Å². The Bertz CT molecular complexity index is 310. The van der Waals surface area contributed by atoms with E-state index < -0.39 is 6.09 Å². The molecule has 2 atom stereocenters. The second-order valence-electron chi connectivity index (χ2n) is 4.77. The van der Waals surface area contributed by atoms with Gasteiger partial charge in [-0.05, 0) is 19.8 Å². The van der Waals surface area contributed by atoms with Crippen LogP contribution in [0.5, 0.6) is 0 Å². The molecule has 0 aromatic heterocycles. The summed E-state index contributed by atoms with van der Waals surface area (Å²) < 4.78 is 4.70. The molecule has 2 amide bonds. The molecule has 1 rings (SSSR count). The van der Waals surface area contributed by atoms with Gasteiger partial charge in [0.05, 0.1) is 13.2 Å². The molecule has 6 heteroatoms. The largest absolute Gasteiger partial charge is 0.450 e. The fraction of sp³-hybridized carbons (Fsp3) is 0.846. The molecule has 1 aliphatic rings. The van der Waals surface area contributed by atoms with E-state index in [1.807, 2.05) is 0 Å². The van der Waals surface area contributed by atoms with Crippen molar-refractivity contribution >= 4 is 12.0 Å². The van der Waals surface area contributed by atoms with Crippen LogP contribution in [0.4, 0.5) is 4.79 Å². The number of ether oxygens (including phenoxy) is 1. The van der Waals surface area contributed by atoms with Gasteiger partial charge in [0.25, 0.3) is 0 Å². The number of alkyl carbamates (subject to hydrolysis) is 1. The quantitative estimate of drug-likeness (QED) is 0.771. The van der Waals surface area contributed by atoms with Crippen LogP contribution in [0, 0.1) is 0 Å². The maximum Gasteiger partial charge on any atom is 0.413 e. The third-order valence-electron chi connectivity index (χ3n) is 3.44. The number of hydrogen-bond donors (Lipinski definition) is 2. The van der Waals surface area contributed by atoms with E-state index in [9.17, 15) is 9.59 Å². The predicted octanol–water partition coefficient (Wildman–Crippen LogP) is 0.722. The van der Waals surface area contributed by atoms with E-state index in [1.165, 1.54) is 0 Å². The molecule has 19 heavy (non-hydrogen) atoms. The van der Waals surface area contributed by atoms with Crippen molar-refractivity contribution in [3.8, 4) is 0 Å². The van der Waals surface area contributed by atoms with Gasteiger partial charge in [-0.25, -0.2) is 4.79 Å². The third-order valence-corrected chi connectivity index (χ3v) is 3.44. The molecule has 0 spiro atoms. The molecule has 2 unspecified atom stereocenters. The minimum Gasteiger partial charge on any atom is -0.450 e. The molecule has 0 aromatic carbocycles. The normalized spacial score (nSPS) is 23.9. The molecule has 1 fully saturated rings. The summed E-state index contributed by atoms with van der Waals surface area (Å²) in [5, 5.41) is 5.71. The van der Waals surface area contributed by atoms with Crippen LogP contribution in [0.25, 0.3) is 0 Å². The van der Waals surface area contributed by atoms with Crippen LogP contribution >= 0.6 is 0 Å². The summed E-state index contributed by atoms with van der Waals surface area (Å²) in [7, 11) is 0. The number of carbonyl (C=O) groups excluding carboxylic acids is 2. The summed E-state index contributed by atoms with van der Waals surface area (Å²) in [5.41, 5.74) is 0. The first kappa shape index (κ1) is 15.9. The maximum absolute atomic E-state index is 11.8. The minimum atomic E-state index is -0.664. The lowest BCUT2D eigenvalue weighted by atomic mass is 10.1. The van der Waals surface area contributed by atoms with Gasteiger partial charge in [0.15, 0.2) is 0 Å². The van der Waals surface area contributed by atoms with E-state index in [2.05, 4.69) is 29.4 Å². The summed E-state index contributed by atoms with van der Waals surface area (Å²) in [6.07, 6.45) is 1.35. The van der Waals surface area contributed by atoms with Gasteiger partial charge in [-0.1, -0.05) is 13.8 Å². The Hall–Kier alpha value is -1.14. The van der Waals surface area contributed by atoms with Crippen molar-refractivity contribution in [2.45, 2.75) is 45.7 Å². The molecule has 0 radical (unpaired) electrons. The smallest absolute Gasteiger partial charge is 0.413 e. The average Bonchev–Trinajstić information content (AvgIpc) is 2.38. The Labute approximate surface area is 114 Å². The van der Waals surface area contributed by atoms with Crippen molar-refractivity contribution in [1.29, 1.82) is 0 Å². The molecule has 2 N–H and O–H groups in total. The molecule has 1 aliphatic heterocycles. The van der Waals surface area contributed by atoms with E-state index in [0.717, 1.165) is 25.9 Å². The van der Waals surface area contributed by atoms with E-state index in [-0.39, 0.29) is 19.1 Å². The maximum atomic E-state index is 11.8. The van der Waals surface area contributed by atoms with Gasteiger partial charge < -0.3 is 10.1 Å². The second-order valence-corrected chi connectivity index (χ2v) is 4.77. The standard InChI is InChI=1S/C13H25N3O3/c1-4-10-8-16(11(5-2)7-14-10)9-12(17)15-13(18)19-6-3/h10-11,14H,4-9H2,1-3H3,(H,15,17,18). The lowest BCUT2D eigenvalue weighted by molar-refractivity contribution is -0.122. The van der Waals surface area contributed by atoms with Crippen LogP contribution in [0.15, 0.2) is 0 Å². The van der Waals surface area contributed by atoms with Crippen molar-refractivity contribution < 1.29 is 14.3 Å². The summed E-state index contributed by atoms with van der Waals surface area (Å²) in [5.74, 6) is -0.298. The lowest BCUT2D eigenvalue weighted by Crippen LogP contribution is -2.58. The first-order valence-electron chi connectivity index (χ1n) is 7.04. The summed E-state index contributed by atoms with van der Waals surface area (Å²) >= 11 is 0. The molecular weight excluding hydrogens is 246 g/mol. The van der Waals surface area contributed by atoms with Gasteiger partial charge in [-0.15, -0.1) is 0 Å². The van der Waals surface area contributed by atoms with Crippen LogP contribution in [0.1, 0.15) is 33.6 Å². The Balaban J connectivity index is 2.47. The highest BCUT2D eigenvalue weighted by Gasteiger charge is 2.27. The first-order chi connectivity index (χ1) is 9.10. The molecular formula is C13H25N3O3. The zero-order valence-electron chi connectivity index (χ0n) is 12.1. The van der Waals surface area contributed by atoms with Crippen molar-refractivity contribution in [2.75, 3.05) is 26.2 Å². The lowest BCUT2D eigenvalue weighted by Gasteiger charge is -2.39. The SMILES string of the molecule is CCOC(=O)NC(=O)CN1CC(CC)NCC1CC. The van der Waals surface area contributed by atoms with Gasteiger partial charge in [0, 0.05) is 25.2 Å². The van der Waals surface area contributed by atoms with Crippen LogP contribution in [-0.4, -0.2) is 55.2 Å². The molecule has 6 nitrogen and oxygen atoms in total. The van der Waals surface area contributed by atoms with Gasteiger partial charge in [0.1, 0.15) is 0 Å². The highest BCUT2D eigenvalue weighted by Crippen LogP contribution is 2.11. The number of nitrogens with zero attached hydrogens (tertiary/aromatic N) is 1. The molecule has 0 aromatic rings. The third kappa shape index (κ3) is 5.16. The average molecular weight is 271 g/mol. The second kappa shape index (κ2) is 8.12. The monoisotopic (exact) mass is 271 g/mol. The summed E-state index contributed by atoms with van der Waals surface area (Å²) in [4.78, 5) is 25.1. The Kier molecular flexibility index (Phi) is 6.80. The number of rotatable bonds is 5. The van der Waals surface area contributed by atoms with Crippen LogP contribution in [0.3, 0.4) is 0 Å². The molecule has 0 bridgehead atoms. The number of nitrogens with one attached hydrogen (secondary N) is 2. The molecule has 110 valence electrons. The highest BCUT2D eigenvalue weighted by molar-refractivity contribution is 5.92. The number of amides is 2. The van der Waals surface area contributed by atoms with Crippen LogP contribution < -0.4 is 10.6 Å². The van der Waals surface area contributed by atoms with Crippen LogP contribution in [-0.2, 0) is 9.53 Å². The van der Waals surface area contributed by atoms with Crippen molar-refractivity contribution in [3.63, 3.8) is 0 Å². The van der Waals surface area contributed by atoms with Gasteiger partial charge in [-0.2, -0.15) is 0 Å². The number of hydrogen-bond acceptors (Lipinski definition) is 5. The Morgan fingerprint density at radius 2 is 2.05 bits per heavy atom. The van der Waals surface area contributed by atoms with E-state index in [1.54, 1.807) is 6.92 Å². The minimum absolute atomic E-state index is 0.246. The number of carbonyl (C=O) groups is 2. The first-order valence-corrected chi connectivity index (χ1v) is 7.04. The van der Waals surface area contributed by atoms with Crippen molar-refractivity contribution in [1.82, 2.24) is 15.5 Å². The Morgan fingerprint density at radius 3 is 2.63 bits per heavy atom. The van der Waals surface area contributed by atoms with E-state index >= 15 is 0 Å². The number of imide groups is 1. The summed E-state index contributed by atoms with van der Waals surface area (Å²) in [6, 6.07) is 0.758. The van der Waals surface area contributed by atoms with Crippen molar-refractivity contribution in [2.24, 2.45) is 0 Å². The Morgan fingerprint density at radius 1 is 1.32 bits per heavy atom. The van der Waals surface area contributed by atoms with Gasteiger partial charge in [-0.3, -0.25) is 15.0 Å². The predicted molar refractivity (Wildman–Crippen MR) is 72.9 cm³/mol. The highest BCUT2D eigenvalue weighted by atomic mass is 16.5. The van der Waals surface area contributed by atoms with E-state index in [0.29, 0.717) is 12.1 Å². The fourth-order valence-electron chi connectivity index (χ4n) is 2.30. The fourth-order valence-corrected chi connectivity index (χ4v) is 2.30. The molecule has 1 heterocycles. The summed E-state index contributed by atoms with van der Waals surface area (Å²) in [6.45, 7) is 8.18. The zero-order valence-corrected chi connectivity index (χ0v) is 12.1. The number of piperazine rings is 1. The zero-order chi connectivity index (χ0) is 14.3. The van der Waals surface area contributed by atoms with Gasteiger partial charge in [0.2, 0.25) is 5.91 Å². The molecule has 0 aliphatic carbocycles. The molecule has 0 saturated carbocycles. The molecule has 1 saturated heterocycles. The topological polar surface area (TPSA) is 70.7 Å². The van der Waals surface area contributed by atoms with E-state index in [4.69, 9.17) is 4.74 Å².